The van der Waals surface area contributed by atoms with E-state index in [-0.39, 0.29) is 15.7 Å². The largest absolute Gasteiger partial charge is 0.271 e. The van der Waals surface area contributed by atoms with Gasteiger partial charge in [0.2, 0.25) is 0 Å². The van der Waals surface area contributed by atoms with E-state index in [0.29, 0.717) is 27.9 Å². The van der Waals surface area contributed by atoms with E-state index < -0.39 is 11.8 Å². The molecule has 1 aromatic carbocycles. The lowest BCUT2D eigenvalue weighted by molar-refractivity contribution is 0.0847. The second-order valence-corrected chi connectivity index (χ2v) is 6.96. The van der Waals surface area contributed by atoms with Crippen LogP contribution >= 0.6 is 23.2 Å². The van der Waals surface area contributed by atoms with E-state index in [9.17, 15) is 9.59 Å². The molecule has 0 bridgehead atoms. The Kier molecular flexibility index (Phi) is 5.56. The number of nitrogens with zero attached hydrogens (tertiary/aromatic N) is 3. The summed E-state index contributed by atoms with van der Waals surface area (Å²) in [5.41, 5.74) is 7.06. The molecule has 4 aromatic rings. The third kappa shape index (κ3) is 4.07. The maximum atomic E-state index is 12.9. The number of aromatic nitrogens is 3. The highest BCUT2D eigenvalue weighted by molar-refractivity contribution is 6.41. The van der Waals surface area contributed by atoms with E-state index in [1.54, 1.807) is 42.6 Å². The molecule has 7 nitrogen and oxygen atoms in total. The van der Waals surface area contributed by atoms with Crippen molar-refractivity contribution in [2.45, 2.75) is 0 Å². The summed E-state index contributed by atoms with van der Waals surface area (Å²) in [7, 11) is 0. The van der Waals surface area contributed by atoms with Crippen molar-refractivity contribution in [3.8, 4) is 11.4 Å². The average molecular weight is 438 g/mol. The molecule has 148 valence electrons. The lowest BCUT2D eigenvalue weighted by Gasteiger charge is -2.11. The minimum absolute atomic E-state index is 0.0857. The second kappa shape index (κ2) is 8.44. The van der Waals surface area contributed by atoms with Crippen molar-refractivity contribution in [2.75, 3.05) is 0 Å². The molecule has 0 aliphatic carbocycles. The van der Waals surface area contributed by atoms with Crippen LogP contribution in [0.25, 0.3) is 22.3 Å². The fraction of sp³-hybridized carbons (Fsp3) is 0. The van der Waals surface area contributed by atoms with Crippen molar-refractivity contribution in [3.63, 3.8) is 0 Å². The molecule has 2 amide bonds. The predicted octanol–water partition coefficient (Wildman–Crippen LogP) is 4.07. The first-order valence-corrected chi connectivity index (χ1v) is 9.51. The standard InChI is InChI=1S/C21H13Cl2N5O2/c22-15-9-12(11-25-19(15)23)20(29)27-28-21(30)14-10-18(17-7-3-4-8-24-17)26-16-6-2-1-5-13(14)16/h1-11H,(H,27,29)(H,28,30). The zero-order valence-electron chi connectivity index (χ0n) is 15.3. The minimum atomic E-state index is -0.585. The molecular weight excluding hydrogens is 425 g/mol. The Balaban J connectivity index is 1.62. The van der Waals surface area contributed by atoms with E-state index >= 15 is 0 Å². The van der Waals surface area contributed by atoms with Crippen molar-refractivity contribution in [2.24, 2.45) is 0 Å². The lowest BCUT2D eigenvalue weighted by atomic mass is 10.1. The number of hydrogen-bond donors (Lipinski definition) is 2. The summed E-state index contributed by atoms with van der Waals surface area (Å²) in [5, 5.41) is 0.860. The summed E-state index contributed by atoms with van der Waals surface area (Å²) in [5.74, 6) is -1.09. The van der Waals surface area contributed by atoms with Gasteiger partial charge in [-0.15, -0.1) is 0 Å². The number of halogens is 2. The highest BCUT2D eigenvalue weighted by Crippen LogP contribution is 2.23. The van der Waals surface area contributed by atoms with Crippen molar-refractivity contribution in [3.05, 3.63) is 88.3 Å². The smallest absolute Gasteiger partial charge is 0.267 e. The van der Waals surface area contributed by atoms with Crippen LogP contribution in [0.15, 0.2) is 67.0 Å². The van der Waals surface area contributed by atoms with Crippen molar-refractivity contribution < 1.29 is 9.59 Å². The molecule has 0 saturated heterocycles. The summed E-state index contributed by atoms with van der Waals surface area (Å²) in [6.07, 6.45) is 2.91. The molecule has 30 heavy (non-hydrogen) atoms. The molecule has 0 radical (unpaired) electrons. The van der Waals surface area contributed by atoms with Gasteiger partial charge in [-0.05, 0) is 30.3 Å². The number of benzene rings is 1. The SMILES string of the molecule is O=C(NNC(=O)c1cc(-c2ccccn2)nc2ccccc12)c1cnc(Cl)c(Cl)c1. The highest BCUT2D eigenvalue weighted by Gasteiger charge is 2.16. The molecule has 0 saturated carbocycles. The van der Waals surface area contributed by atoms with Gasteiger partial charge in [0, 0.05) is 17.8 Å². The summed E-state index contributed by atoms with van der Waals surface area (Å²) in [6.45, 7) is 0. The van der Waals surface area contributed by atoms with Crippen LogP contribution in [-0.2, 0) is 0 Å². The van der Waals surface area contributed by atoms with Gasteiger partial charge in [0.05, 0.1) is 33.1 Å². The first kappa shape index (κ1) is 19.8. The predicted molar refractivity (Wildman–Crippen MR) is 114 cm³/mol. The minimum Gasteiger partial charge on any atom is -0.267 e. The van der Waals surface area contributed by atoms with Crippen molar-refractivity contribution in [1.29, 1.82) is 0 Å². The Labute approximate surface area is 181 Å². The summed E-state index contributed by atoms with van der Waals surface area (Å²) >= 11 is 11.6. The highest BCUT2D eigenvalue weighted by atomic mass is 35.5. The number of pyridine rings is 3. The number of carbonyl (C=O) groups is 2. The van der Waals surface area contributed by atoms with E-state index in [1.165, 1.54) is 12.3 Å². The topological polar surface area (TPSA) is 96.9 Å². The summed E-state index contributed by atoms with van der Waals surface area (Å²) < 4.78 is 0. The Morgan fingerprint density at radius 1 is 0.833 bits per heavy atom. The van der Waals surface area contributed by atoms with Crippen LogP contribution in [0.3, 0.4) is 0 Å². The molecular formula is C21H13Cl2N5O2. The van der Waals surface area contributed by atoms with Gasteiger partial charge in [0.1, 0.15) is 5.15 Å². The number of nitrogens with one attached hydrogen (secondary N) is 2. The van der Waals surface area contributed by atoms with Crippen LogP contribution in [0.5, 0.6) is 0 Å². The molecule has 2 N–H and O–H groups in total. The number of carbonyl (C=O) groups excluding carboxylic acids is 2. The molecule has 9 heteroatoms. The molecule has 0 aliphatic rings. The molecule has 3 aromatic heterocycles. The van der Waals surface area contributed by atoms with E-state index in [0.717, 1.165) is 0 Å². The van der Waals surface area contributed by atoms with Gasteiger partial charge in [0.25, 0.3) is 11.8 Å². The van der Waals surface area contributed by atoms with E-state index in [4.69, 9.17) is 23.2 Å². The van der Waals surface area contributed by atoms with Gasteiger partial charge < -0.3 is 0 Å². The Morgan fingerprint density at radius 3 is 2.37 bits per heavy atom. The third-order valence-electron chi connectivity index (χ3n) is 4.24. The monoisotopic (exact) mass is 437 g/mol. The first-order chi connectivity index (χ1) is 14.5. The molecule has 0 unspecified atom stereocenters. The normalized spacial score (nSPS) is 10.6. The zero-order chi connectivity index (χ0) is 21.1. The molecule has 0 aliphatic heterocycles. The Morgan fingerprint density at radius 2 is 1.60 bits per heavy atom. The van der Waals surface area contributed by atoms with Crippen molar-refractivity contribution >= 4 is 45.9 Å². The lowest BCUT2D eigenvalue weighted by Crippen LogP contribution is -2.41. The molecule has 4 rings (SSSR count). The van der Waals surface area contributed by atoms with Gasteiger partial charge >= 0.3 is 0 Å². The Hall–Kier alpha value is -3.55. The summed E-state index contributed by atoms with van der Waals surface area (Å²) in [4.78, 5) is 37.9. The van der Waals surface area contributed by atoms with E-state index in [1.807, 2.05) is 12.1 Å². The second-order valence-electron chi connectivity index (χ2n) is 6.19. The van der Waals surface area contributed by atoms with Gasteiger partial charge in [-0.2, -0.15) is 0 Å². The number of hydrazine groups is 1. The molecule has 0 atom stereocenters. The third-order valence-corrected chi connectivity index (χ3v) is 4.92. The quantitative estimate of drug-likeness (QED) is 0.371. The fourth-order valence-corrected chi connectivity index (χ4v) is 3.08. The van der Waals surface area contributed by atoms with Gasteiger partial charge in [-0.1, -0.05) is 47.5 Å². The van der Waals surface area contributed by atoms with Crippen LogP contribution in [-0.4, -0.2) is 26.8 Å². The van der Waals surface area contributed by atoms with Crippen LogP contribution in [0.2, 0.25) is 10.2 Å². The van der Waals surface area contributed by atoms with Gasteiger partial charge in [0.15, 0.2) is 0 Å². The maximum Gasteiger partial charge on any atom is 0.271 e. The maximum absolute atomic E-state index is 12.9. The van der Waals surface area contributed by atoms with Crippen LogP contribution in [0.1, 0.15) is 20.7 Å². The molecule has 3 heterocycles. The number of hydrogen-bond acceptors (Lipinski definition) is 5. The van der Waals surface area contributed by atoms with Crippen LogP contribution in [0.4, 0.5) is 0 Å². The van der Waals surface area contributed by atoms with Gasteiger partial charge in [-0.3, -0.25) is 25.4 Å². The average Bonchev–Trinajstić information content (AvgIpc) is 2.78. The van der Waals surface area contributed by atoms with E-state index in [2.05, 4.69) is 25.8 Å². The molecule has 0 spiro atoms. The number of rotatable bonds is 3. The Bertz CT molecular complexity index is 1260. The van der Waals surface area contributed by atoms with Crippen molar-refractivity contribution in [1.82, 2.24) is 25.8 Å². The van der Waals surface area contributed by atoms with Gasteiger partial charge in [-0.25, -0.2) is 9.97 Å². The number of para-hydroxylation sites is 1. The van der Waals surface area contributed by atoms with Crippen LogP contribution in [0, 0.1) is 0 Å². The number of fused-ring (bicyclic) bond motifs is 1. The van der Waals surface area contributed by atoms with Crippen LogP contribution < -0.4 is 10.9 Å². The molecule has 0 fully saturated rings. The fourth-order valence-electron chi connectivity index (χ4n) is 2.81. The number of amides is 2. The summed E-state index contributed by atoms with van der Waals surface area (Å²) in [6, 6.07) is 15.7. The zero-order valence-corrected chi connectivity index (χ0v) is 16.8. The first-order valence-electron chi connectivity index (χ1n) is 8.76.